The van der Waals surface area contributed by atoms with Crippen molar-refractivity contribution in [2.75, 3.05) is 0 Å². The van der Waals surface area contributed by atoms with E-state index in [4.69, 9.17) is 0 Å². The minimum Gasteiger partial charge on any atom is -0.353 e. The molecule has 27 heavy (non-hydrogen) atoms. The molecular formula is C20H9F4N3. The summed E-state index contributed by atoms with van der Waals surface area (Å²) in [5.41, 5.74) is 0.437. The van der Waals surface area contributed by atoms with Gasteiger partial charge in [0.25, 0.3) is 0 Å². The SMILES string of the molecule is Fc1c(F)c(F)c2c(-c3cc4cc5ccccc5cc4[nH]3)ncnc2c1F. The fourth-order valence-corrected chi connectivity index (χ4v) is 3.32. The molecule has 0 fully saturated rings. The molecule has 0 aliphatic heterocycles. The number of H-pyrrole nitrogens is 1. The van der Waals surface area contributed by atoms with Crippen LogP contribution in [0.15, 0.2) is 48.8 Å². The molecular weight excluding hydrogens is 358 g/mol. The van der Waals surface area contributed by atoms with Crippen molar-refractivity contribution in [3.8, 4) is 11.4 Å². The summed E-state index contributed by atoms with van der Waals surface area (Å²) in [6.07, 6.45) is 0.986. The Bertz CT molecular complexity index is 1320. The van der Waals surface area contributed by atoms with Crippen LogP contribution in [0.3, 0.4) is 0 Å². The molecule has 0 unspecified atom stereocenters. The van der Waals surface area contributed by atoms with E-state index in [1.54, 1.807) is 6.07 Å². The van der Waals surface area contributed by atoms with Gasteiger partial charge in [-0.05, 0) is 29.0 Å². The van der Waals surface area contributed by atoms with E-state index in [0.717, 1.165) is 28.0 Å². The number of aromatic nitrogens is 3. The highest BCUT2D eigenvalue weighted by Gasteiger charge is 2.25. The van der Waals surface area contributed by atoms with Crippen LogP contribution in [0.4, 0.5) is 17.6 Å². The molecule has 5 aromatic rings. The van der Waals surface area contributed by atoms with Crippen molar-refractivity contribution >= 4 is 32.6 Å². The predicted octanol–water partition coefficient (Wildman–Crippen LogP) is 5.49. The third-order valence-corrected chi connectivity index (χ3v) is 4.59. The van der Waals surface area contributed by atoms with Gasteiger partial charge in [0.2, 0.25) is 0 Å². The number of aromatic amines is 1. The molecule has 0 saturated carbocycles. The van der Waals surface area contributed by atoms with Gasteiger partial charge in [-0.2, -0.15) is 0 Å². The first-order chi connectivity index (χ1) is 13.0. The van der Waals surface area contributed by atoms with E-state index in [-0.39, 0.29) is 5.69 Å². The maximum absolute atomic E-state index is 14.4. The van der Waals surface area contributed by atoms with E-state index in [0.29, 0.717) is 5.69 Å². The van der Waals surface area contributed by atoms with Gasteiger partial charge in [-0.15, -0.1) is 0 Å². The second-order valence-electron chi connectivity index (χ2n) is 6.17. The van der Waals surface area contributed by atoms with Crippen LogP contribution in [0.2, 0.25) is 0 Å². The number of nitrogens with one attached hydrogen (secondary N) is 1. The maximum Gasteiger partial charge on any atom is 0.199 e. The molecule has 0 aliphatic rings. The zero-order chi connectivity index (χ0) is 18.7. The van der Waals surface area contributed by atoms with Gasteiger partial charge in [0.1, 0.15) is 17.5 Å². The van der Waals surface area contributed by atoms with Crippen molar-refractivity contribution in [3.63, 3.8) is 0 Å². The van der Waals surface area contributed by atoms with Crippen LogP contribution in [0.1, 0.15) is 0 Å². The average Bonchev–Trinajstić information content (AvgIpc) is 3.10. The van der Waals surface area contributed by atoms with Crippen molar-refractivity contribution in [1.29, 1.82) is 0 Å². The van der Waals surface area contributed by atoms with E-state index >= 15 is 0 Å². The van der Waals surface area contributed by atoms with Crippen LogP contribution in [-0.2, 0) is 0 Å². The van der Waals surface area contributed by atoms with Crippen molar-refractivity contribution in [2.24, 2.45) is 0 Å². The van der Waals surface area contributed by atoms with E-state index in [1.807, 2.05) is 36.4 Å². The molecule has 2 heterocycles. The normalized spacial score (nSPS) is 11.7. The largest absolute Gasteiger partial charge is 0.353 e. The molecule has 3 aromatic carbocycles. The van der Waals surface area contributed by atoms with E-state index < -0.39 is 34.2 Å². The van der Waals surface area contributed by atoms with E-state index in [9.17, 15) is 17.6 Å². The lowest BCUT2D eigenvalue weighted by Gasteiger charge is -2.07. The standard InChI is InChI=1S/C20H9F4N3/c21-15-14-19(25-8-26-20(14)18(24)17(23)16(15)22)13-7-11-5-9-3-1-2-4-10(9)6-12(11)27-13/h1-8,27H. The fourth-order valence-electron chi connectivity index (χ4n) is 3.32. The molecule has 0 bridgehead atoms. The maximum atomic E-state index is 14.4. The topological polar surface area (TPSA) is 41.6 Å². The predicted molar refractivity (Wildman–Crippen MR) is 94.2 cm³/mol. The summed E-state index contributed by atoms with van der Waals surface area (Å²) in [5, 5.41) is 2.31. The molecule has 0 spiro atoms. The van der Waals surface area contributed by atoms with Crippen molar-refractivity contribution in [3.05, 3.63) is 72.1 Å². The minimum absolute atomic E-state index is 0.0458. The Labute approximate surface area is 149 Å². The fraction of sp³-hybridized carbons (Fsp3) is 0. The highest BCUT2D eigenvalue weighted by molar-refractivity contribution is 6.01. The van der Waals surface area contributed by atoms with Gasteiger partial charge in [-0.1, -0.05) is 24.3 Å². The summed E-state index contributed by atoms with van der Waals surface area (Å²) >= 11 is 0. The number of hydrogen-bond acceptors (Lipinski definition) is 2. The first kappa shape index (κ1) is 15.7. The van der Waals surface area contributed by atoms with Crippen LogP contribution < -0.4 is 0 Å². The van der Waals surface area contributed by atoms with Crippen LogP contribution in [0.5, 0.6) is 0 Å². The lowest BCUT2D eigenvalue weighted by Crippen LogP contribution is -2.02. The first-order valence-electron chi connectivity index (χ1n) is 8.03. The van der Waals surface area contributed by atoms with Crippen LogP contribution >= 0.6 is 0 Å². The Hall–Kier alpha value is -3.48. The number of halogens is 4. The summed E-state index contributed by atoms with van der Waals surface area (Å²) in [6.45, 7) is 0. The van der Waals surface area contributed by atoms with E-state index in [1.165, 1.54) is 0 Å². The average molecular weight is 367 g/mol. The second kappa shape index (κ2) is 5.51. The number of hydrogen-bond donors (Lipinski definition) is 1. The molecule has 2 aromatic heterocycles. The summed E-state index contributed by atoms with van der Waals surface area (Å²) in [4.78, 5) is 10.6. The Morgan fingerprint density at radius 2 is 1.41 bits per heavy atom. The van der Waals surface area contributed by atoms with Crippen LogP contribution in [0, 0.1) is 23.3 Å². The minimum atomic E-state index is -1.90. The summed E-state index contributed by atoms with van der Waals surface area (Å²) in [6, 6.07) is 13.3. The number of nitrogens with zero attached hydrogens (tertiary/aromatic N) is 2. The summed E-state index contributed by atoms with van der Waals surface area (Å²) in [7, 11) is 0. The molecule has 0 saturated heterocycles. The van der Waals surface area contributed by atoms with Crippen molar-refractivity contribution in [1.82, 2.24) is 15.0 Å². The summed E-state index contributed by atoms with van der Waals surface area (Å²) < 4.78 is 55.7. The molecule has 0 aliphatic carbocycles. The lowest BCUT2D eigenvalue weighted by atomic mass is 10.1. The molecule has 0 atom stereocenters. The van der Waals surface area contributed by atoms with Gasteiger partial charge in [0, 0.05) is 10.9 Å². The highest BCUT2D eigenvalue weighted by atomic mass is 19.2. The third kappa shape index (κ3) is 2.21. The smallest absolute Gasteiger partial charge is 0.199 e. The third-order valence-electron chi connectivity index (χ3n) is 4.59. The van der Waals surface area contributed by atoms with Crippen LogP contribution in [0.25, 0.3) is 44.0 Å². The number of rotatable bonds is 1. The quantitative estimate of drug-likeness (QED) is 0.242. The van der Waals surface area contributed by atoms with Gasteiger partial charge in [-0.25, -0.2) is 27.5 Å². The molecule has 0 amide bonds. The molecule has 3 nitrogen and oxygen atoms in total. The van der Waals surface area contributed by atoms with Crippen molar-refractivity contribution < 1.29 is 17.6 Å². The van der Waals surface area contributed by atoms with Gasteiger partial charge < -0.3 is 4.98 Å². The van der Waals surface area contributed by atoms with Gasteiger partial charge in [0.05, 0.1) is 11.1 Å². The number of fused-ring (bicyclic) bond motifs is 3. The van der Waals surface area contributed by atoms with Gasteiger partial charge in [0.15, 0.2) is 23.3 Å². The molecule has 7 heteroatoms. The first-order valence-corrected chi connectivity index (χ1v) is 8.03. The molecule has 0 radical (unpaired) electrons. The Morgan fingerprint density at radius 1 is 0.704 bits per heavy atom. The highest BCUT2D eigenvalue weighted by Crippen LogP contribution is 2.34. The second-order valence-corrected chi connectivity index (χ2v) is 6.17. The van der Waals surface area contributed by atoms with E-state index in [2.05, 4.69) is 15.0 Å². The van der Waals surface area contributed by atoms with Gasteiger partial charge >= 0.3 is 0 Å². The monoisotopic (exact) mass is 367 g/mol. The summed E-state index contributed by atoms with van der Waals surface area (Å²) in [5.74, 6) is -6.86. The zero-order valence-corrected chi connectivity index (χ0v) is 13.5. The van der Waals surface area contributed by atoms with Gasteiger partial charge in [-0.3, -0.25) is 0 Å². The molecule has 1 N–H and O–H groups in total. The molecule has 132 valence electrons. The van der Waals surface area contributed by atoms with Crippen LogP contribution in [-0.4, -0.2) is 15.0 Å². The Morgan fingerprint density at radius 3 is 2.19 bits per heavy atom. The Kier molecular flexibility index (Phi) is 3.21. The zero-order valence-electron chi connectivity index (χ0n) is 13.5. The van der Waals surface area contributed by atoms with Crippen molar-refractivity contribution in [2.45, 2.75) is 0 Å². The lowest BCUT2D eigenvalue weighted by molar-refractivity contribution is 0.417. The number of benzene rings is 3. The Balaban J connectivity index is 1.84. The molecule has 5 rings (SSSR count).